The third-order valence-electron chi connectivity index (χ3n) is 5.42. The number of piperidine rings is 1. The van der Waals surface area contributed by atoms with Crippen LogP contribution in [0.1, 0.15) is 43.6 Å². The average Bonchev–Trinajstić information content (AvgIpc) is 2.50. The third-order valence-corrected chi connectivity index (χ3v) is 5.95. The molecule has 3 rings (SSSR count). The molecule has 1 aromatic carbocycles. The Bertz CT molecular complexity index is 437. The molecule has 1 aliphatic carbocycles. The summed E-state index contributed by atoms with van der Waals surface area (Å²) in [7, 11) is 1.86. The quantitative estimate of drug-likeness (QED) is 0.877. The third kappa shape index (κ3) is 2.81. The van der Waals surface area contributed by atoms with Crippen molar-refractivity contribution in [2.45, 2.75) is 44.1 Å². The smallest absolute Gasteiger partial charge is 0.0571 e. The standard InChI is InChI=1S/C17H24BrNO/c1-20-15-6-8-17(9-7-15)10-11-19-12-16(17)13-2-4-14(18)5-3-13/h2-5,15-16,19H,6-12H2,1H3. The fourth-order valence-electron chi connectivity index (χ4n) is 4.14. The Labute approximate surface area is 130 Å². The molecule has 0 bridgehead atoms. The van der Waals surface area contributed by atoms with Crippen molar-refractivity contribution in [1.29, 1.82) is 0 Å². The van der Waals surface area contributed by atoms with Crippen molar-refractivity contribution in [1.82, 2.24) is 5.32 Å². The van der Waals surface area contributed by atoms with Gasteiger partial charge in [0.05, 0.1) is 6.10 Å². The average molecular weight is 338 g/mol. The van der Waals surface area contributed by atoms with Gasteiger partial charge in [-0.15, -0.1) is 0 Å². The van der Waals surface area contributed by atoms with Gasteiger partial charge in [0.1, 0.15) is 0 Å². The summed E-state index contributed by atoms with van der Waals surface area (Å²) in [6.45, 7) is 2.30. The van der Waals surface area contributed by atoms with E-state index in [1.165, 1.54) is 48.7 Å². The summed E-state index contributed by atoms with van der Waals surface area (Å²) in [5.41, 5.74) is 1.99. The van der Waals surface area contributed by atoms with Gasteiger partial charge in [0.15, 0.2) is 0 Å². The summed E-state index contributed by atoms with van der Waals surface area (Å²) in [5.74, 6) is 0.655. The molecule has 20 heavy (non-hydrogen) atoms. The van der Waals surface area contributed by atoms with Crippen molar-refractivity contribution in [3.05, 3.63) is 34.3 Å². The molecular formula is C17H24BrNO. The molecule has 3 heteroatoms. The van der Waals surface area contributed by atoms with Crippen molar-refractivity contribution in [3.8, 4) is 0 Å². The van der Waals surface area contributed by atoms with E-state index in [4.69, 9.17) is 4.74 Å². The van der Waals surface area contributed by atoms with E-state index in [1.54, 1.807) is 0 Å². The maximum Gasteiger partial charge on any atom is 0.0571 e. The Morgan fingerprint density at radius 2 is 1.85 bits per heavy atom. The molecule has 0 aromatic heterocycles. The van der Waals surface area contributed by atoms with E-state index in [-0.39, 0.29) is 0 Å². The van der Waals surface area contributed by atoms with Crippen molar-refractivity contribution < 1.29 is 4.74 Å². The van der Waals surface area contributed by atoms with Crippen LogP contribution < -0.4 is 5.32 Å². The molecule has 2 aliphatic rings. The number of ether oxygens (including phenoxy) is 1. The second-order valence-corrected chi connectivity index (χ2v) is 7.27. The van der Waals surface area contributed by atoms with Crippen LogP contribution in [0.2, 0.25) is 0 Å². The van der Waals surface area contributed by atoms with E-state index in [9.17, 15) is 0 Å². The van der Waals surface area contributed by atoms with E-state index in [0.29, 0.717) is 17.4 Å². The fourth-order valence-corrected chi connectivity index (χ4v) is 4.41. The Balaban J connectivity index is 1.82. The maximum absolute atomic E-state index is 5.56. The van der Waals surface area contributed by atoms with E-state index in [2.05, 4.69) is 45.5 Å². The molecule has 0 radical (unpaired) electrons. The minimum atomic E-state index is 0.487. The minimum Gasteiger partial charge on any atom is -0.381 e. The largest absolute Gasteiger partial charge is 0.381 e. The van der Waals surface area contributed by atoms with Crippen molar-refractivity contribution in [2.24, 2.45) is 5.41 Å². The highest BCUT2D eigenvalue weighted by atomic mass is 79.9. The van der Waals surface area contributed by atoms with Gasteiger partial charge in [-0.2, -0.15) is 0 Å². The summed E-state index contributed by atoms with van der Waals surface area (Å²) >= 11 is 3.54. The molecule has 1 saturated carbocycles. The molecule has 110 valence electrons. The molecule has 1 aromatic rings. The molecule has 1 unspecified atom stereocenters. The molecule has 1 atom stereocenters. The van der Waals surface area contributed by atoms with Gasteiger partial charge in [0.25, 0.3) is 0 Å². The monoisotopic (exact) mass is 337 g/mol. The lowest BCUT2D eigenvalue weighted by molar-refractivity contribution is 0.00444. The Hall–Kier alpha value is -0.380. The number of hydrogen-bond donors (Lipinski definition) is 1. The summed E-state index contributed by atoms with van der Waals surface area (Å²) in [6.07, 6.45) is 6.88. The van der Waals surface area contributed by atoms with E-state index >= 15 is 0 Å². The zero-order valence-electron chi connectivity index (χ0n) is 12.2. The number of halogens is 1. The van der Waals surface area contributed by atoms with Crippen LogP contribution in [0.3, 0.4) is 0 Å². The van der Waals surface area contributed by atoms with Crippen LogP contribution in [0.15, 0.2) is 28.7 Å². The predicted octanol–water partition coefficient (Wildman–Crippen LogP) is 4.10. The zero-order valence-corrected chi connectivity index (χ0v) is 13.8. The van der Waals surface area contributed by atoms with Gasteiger partial charge in [-0.05, 0) is 61.8 Å². The van der Waals surface area contributed by atoms with Gasteiger partial charge in [-0.25, -0.2) is 0 Å². The number of nitrogens with one attached hydrogen (secondary N) is 1. The zero-order chi connectivity index (χ0) is 14.0. The second kappa shape index (κ2) is 6.17. The van der Waals surface area contributed by atoms with Gasteiger partial charge in [-0.3, -0.25) is 0 Å². The molecule has 1 spiro atoms. The fraction of sp³-hybridized carbons (Fsp3) is 0.647. The first-order valence-electron chi connectivity index (χ1n) is 7.72. The summed E-state index contributed by atoms with van der Waals surface area (Å²) in [6, 6.07) is 8.95. The Morgan fingerprint density at radius 3 is 2.50 bits per heavy atom. The first kappa shape index (κ1) is 14.6. The van der Waals surface area contributed by atoms with Gasteiger partial charge in [0.2, 0.25) is 0 Å². The van der Waals surface area contributed by atoms with Crippen LogP contribution >= 0.6 is 15.9 Å². The van der Waals surface area contributed by atoms with Crippen LogP contribution in [0, 0.1) is 5.41 Å². The second-order valence-electron chi connectivity index (χ2n) is 6.36. The van der Waals surface area contributed by atoms with E-state index in [0.717, 1.165) is 6.54 Å². The maximum atomic E-state index is 5.56. The lowest BCUT2D eigenvalue weighted by Gasteiger charge is -2.48. The summed E-state index contributed by atoms with van der Waals surface area (Å²) in [5, 5.41) is 3.60. The van der Waals surface area contributed by atoms with Gasteiger partial charge < -0.3 is 10.1 Å². The normalized spacial score (nSPS) is 34.3. The highest BCUT2D eigenvalue weighted by Gasteiger charge is 2.43. The molecule has 1 saturated heterocycles. The molecular weight excluding hydrogens is 314 g/mol. The van der Waals surface area contributed by atoms with Crippen LogP contribution in [0.25, 0.3) is 0 Å². The SMILES string of the molecule is COC1CCC2(CCNCC2c2ccc(Br)cc2)CC1. The molecule has 2 nitrogen and oxygen atoms in total. The molecule has 1 aliphatic heterocycles. The van der Waals surface area contributed by atoms with Gasteiger partial charge in [-0.1, -0.05) is 28.1 Å². The topological polar surface area (TPSA) is 21.3 Å². The molecule has 2 fully saturated rings. The van der Waals surface area contributed by atoms with Crippen molar-refractivity contribution >= 4 is 15.9 Å². The lowest BCUT2D eigenvalue weighted by Crippen LogP contribution is -2.46. The predicted molar refractivity (Wildman–Crippen MR) is 86.1 cm³/mol. The van der Waals surface area contributed by atoms with Crippen LogP contribution in [-0.4, -0.2) is 26.3 Å². The number of hydrogen-bond acceptors (Lipinski definition) is 2. The van der Waals surface area contributed by atoms with Crippen molar-refractivity contribution in [2.75, 3.05) is 20.2 Å². The van der Waals surface area contributed by atoms with Crippen LogP contribution in [0.5, 0.6) is 0 Å². The Morgan fingerprint density at radius 1 is 1.15 bits per heavy atom. The molecule has 1 heterocycles. The Kier molecular flexibility index (Phi) is 4.49. The summed E-state index contributed by atoms with van der Waals surface area (Å²) < 4.78 is 6.73. The number of methoxy groups -OCH3 is 1. The van der Waals surface area contributed by atoms with Gasteiger partial charge >= 0.3 is 0 Å². The minimum absolute atomic E-state index is 0.487. The number of benzene rings is 1. The summed E-state index contributed by atoms with van der Waals surface area (Å²) in [4.78, 5) is 0. The van der Waals surface area contributed by atoms with Gasteiger partial charge in [0, 0.05) is 24.0 Å². The van der Waals surface area contributed by atoms with E-state index in [1.807, 2.05) is 7.11 Å². The number of rotatable bonds is 2. The highest BCUT2D eigenvalue weighted by molar-refractivity contribution is 9.10. The molecule has 0 amide bonds. The first-order chi connectivity index (χ1) is 9.73. The molecule has 1 N–H and O–H groups in total. The lowest BCUT2D eigenvalue weighted by atomic mass is 9.60. The first-order valence-corrected chi connectivity index (χ1v) is 8.52. The highest BCUT2D eigenvalue weighted by Crippen LogP contribution is 2.51. The van der Waals surface area contributed by atoms with Crippen LogP contribution in [-0.2, 0) is 4.74 Å². The van der Waals surface area contributed by atoms with Crippen LogP contribution in [0.4, 0.5) is 0 Å². The van der Waals surface area contributed by atoms with E-state index < -0.39 is 0 Å². The van der Waals surface area contributed by atoms with Crippen molar-refractivity contribution in [3.63, 3.8) is 0 Å².